The van der Waals surface area contributed by atoms with E-state index in [-0.39, 0.29) is 12.1 Å². The molecule has 0 aliphatic carbocycles. The van der Waals surface area contributed by atoms with E-state index in [0.29, 0.717) is 22.3 Å². The Labute approximate surface area is 158 Å². The van der Waals surface area contributed by atoms with Crippen LogP contribution in [-0.4, -0.2) is 43.1 Å². The zero-order valence-corrected chi connectivity index (χ0v) is 16.1. The van der Waals surface area contributed by atoms with E-state index in [1.54, 1.807) is 30.6 Å². The maximum atomic E-state index is 12.9. The smallest absolute Gasteiger partial charge is 0.322 e. The van der Waals surface area contributed by atoms with Gasteiger partial charge in [-0.3, -0.25) is 4.98 Å². The lowest BCUT2D eigenvalue weighted by molar-refractivity contribution is -0.857. The van der Waals surface area contributed by atoms with E-state index in [9.17, 15) is 4.79 Å². The molecular weight excluding hydrogens is 359 g/mol. The number of amides is 2. The maximum Gasteiger partial charge on any atom is 0.322 e. The number of hydrogen-bond acceptors (Lipinski definition) is 2. The molecule has 0 saturated carbocycles. The Balaban J connectivity index is 2.18. The van der Waals surface area contributed by atoms with Gasteiger partial charge >= 0.3 is 6.03 Å². The average Bonchev–Trinajstić information content (AvgIpc) is 2.58. The molecule has 2 N–H and O–H groups in total. The van der Waals surface area contributed by atoms with Crippen LogP contribution < -0.4 is 10.2 Å². The highest BCUT2D eigenvalue weighted by Gasteiger charge is 2.22. The first-order valence-electron chi connectivity index (χ1n) is 8.10. The van der Waals surface area contributed by atoms with Crippen LogP contribution in [0.15, 0.2) is 42.7 Å². The van der Waals surface area contributed by atoms with Crippen LogP contribution in [0.3, 0.4) is 0 Å². The summed E-state index contributed by atoms with van der Waals surface area (Å²) in [5.41, 5.74) is 1.65. The SMILES string of the molecule is CC(c1ccncc1)N(CC[NH+](C)C)C(=O)Nc1ccc(Cl)c(Cl)c1. The fourth-order valence-corrected chi connectivity index (χ4v) is 2.70. The highest BCUT2D eigenvalue weighted by atomic mass is 35.5. The molecule has 1 heterocycles. The normalized spacial score (nSPS) is 12.1. The number of halogens is 2. The highest BCUT2D eigenvalue weighted by molar-refractivity contribution is 6.42. The van der Waals surface area contributed by atoms with Gasteiger partial charge in [-0.1, -0.05) is 23.2 Å². The second-order valence-corrected chi connectivity index (χ2v) is 6.98. The number of nitrogens with one attached hydrogen (secondary N) is 2. The van der Waals surface area contributed by atoms with Crippen LogP contribution in [-0.2, 0) is 0 Å². The van der Waals surface area contributed by atoms with Crippen molar-refractivity contribution in [1.29, 1.82) is 0 Å². The first kappa shape index (κ1) is 19.5. The van der Waals surface area contributed by atoms with Crippen molar-refractivity contribution in [3.8, 4) is 0 Å². The van der Waals surface area contributed by atoms with Crippen LogP contribution in [0.4, 0.5) is 10.5 Å². The molecule has 0 bridgehead atoms. The minimum Gasteiger partial charge on any atom is -0.338 e. The van der Waals surface area contributed by atoms with Crippen molar-refractivity contribution in [3.05, 3.63) is 58.3 Å². The number of aromatic nitrogens is 1. The Hall–Kier alpha value is -1.82. The van der Waals surface area contributed by atoms with Gasteiger partial charge in [-0.2, -0.15) is 0 Å². The van der Waals surface area contributed by atoms with E-state index in [4.69, 9.17) is 23.2 Å². The predicted molar refractivity (Wildman–Crippen MR) is 103 cm³/mol. The third-order valence-electron chi connectivity index (χ3n) is 3.94. The predicted octanol–water partition coefficient (Wildman–Crippen LogP) is 3.13. The fraction of sp³-hybridized carbons (Fsp3) is 0.333. The number of urea groups is 1. The number of benzene rings is 1. The number of hydrogen-bond donors (Lipinski definition) is 2. The lowest BCUT2D eigenvalue weighted by Crippen LogP contribution is -3.06. The summed E-state index contributed by atoms with van der Waals surface area (Å²) in [4.78, 5) is 20.0. The third-order valence-corrected chi connectivity index (χ3v) is 4.68. The van der Waals surface area contributed by atoms with Gasteiger partial charge in [-0.05, 0) is 42.8 Å². The number of carbonyl (C=O) groups is 1. The Morgan fingerprint density at radius 2 is 1.88 bits per heavy atom. The second-order valence-electron chi connectivity index (χ2n) is 6.17. The largest absolute Gasteiger partial charge is 0.338 e. The summed E-state index contributed by atoms with van der Waals surface area (Å²) in [6, 6.07) is 8.64. The van der Waals surface area contributed by atoms with Crippen molar-refractivity contribution >= 4 is 34.9 Å². The van der Waals surface area contributed by atoms with Gasteiger partial charge in [-0.25, -0.2) is 4.79 Å². The van der Waals surface area contributed by atoms with Crippen LogP contribution in [0.5, 0.6) is 0 Å². The molecule has 0 spiro atoms. The van der Waals surface area contributed by atoms with Crippen molar-refractivity contribution in [3.63, 3.8) is 0 Å². The molecular formula is C18H23Cl2N4O+. The van der Waals surface area contributed by atoms with Gasteiger partial charge in [-0.15, -0.1) is 0 Å². The summed E-state index contributed by atoms with van der Waals surface area (Å²) in [6.07, 6.45) is 3.47. The van der Waals surface area contributed by atoms with E-state index in [2.05, 4.69) is 24.4 Å². The van der Waals surface area contributed by atoms with Gasteiger partial charge in [0, 0.05) is 18.1 Å². The number of anilines is 1. The summed E-state index contributed by atoms with van der Waals surface area (Å²) in [6.45, 7) is 3.47. The van der Waals surface area contributed by atoms with Crippen molar-refractivity contribution < 1.29 is 9.69 Å². The summed E-state index contributed by atoms with van der Waals surface area (Å²) in [7, 11) is 4.12. The summed E-state index contributed by atoms with van der Waals surface area (Å²) >= 11 is 12.0. The molecule has 2 rings (SSSR count). The molecule has 5 nitrogen and oxygen atoms in total. The molecule has 0 fully saturated rings. The molecule has 1 aromatic carbocycles. The number of likely N-dealkylation sites (N-methyl/N-ethyl adjacent to an activating group) is 1. The number of pyridine rings is 1. The number of rotatable bonds is 6. The lowest BCUT2D eigenvalue weighted by atomic mass is 10.1. The van der Waals surface area contributed by atoms with Crippen LogP contribution in [0.25, 0.3) is 0 Å². The van der Waals surface area contributed by atoms with Gasteiger partial charge in [0.15, 0.2) is 0 Å². The van der Waals surface area contributed by atoms with E-state index in [1.165, 1.54) is 4.90 Å². The van der Waals surface area contributed by atoms with Crippen LogP contribution in [0.1, 0.15) is 18.5 Å². The van der Waals surface area contributed by atoms with Crippen molar-refractivity contribution in [2.24, 2.45) is 0 Å². The minimum atomic E-state index is -0.177. The number of nitrogens with zero attached hydrogens (tertiary/aromatic N) is 2. The summed E-state index contributed by atoms with van der Waals surface area (Å²) < 4.78 is 0. The van der Waals surface area contributed by atoms with E-state index in [0.717, 1.165) is 12.1 Å². The van der Waals surface area contributed by atoms with Gasteiger partial charge in [0.2, 0.25) is 0 Å². The monoisotopic (exact) mass is 381 g/mol. The van der Waals surface area contributed by atoms with Gasteiger partial charge in [0.25, 0.3) is 0 Å². The molecule has 2 amide bonds. The Morgan fingerprint density at radius 1 is 1.20 bits per heavy atom. The molecule has 1 atom stereocenters. The number of carbonyl (C=O) groups excluding carboxylic acids is 1. The molecule has 25 heavy (non-hydrogen) atoms. The van der Waals surface area contributed by atoms with Gasteiger partial charge < -0.3 is 15.1 Å². The lowest BCUT2D eigenvalue weighted by Gasteiger charge is -2.30. The first-order valence-corrected chi connectivity index (χ1v) is 8.85. The molecule has 7 heteroatoms. The molecule has 0 saturated heterocycles. The van der Waals surface area contributed by atoms with Crippen LogP contribution >= 0.6 is 23.2 Å². The molecule has 2 aromatic rings. The Morgan fingerprint density at radius 3 is 2.48 bits per heavy atom. The third kappa shape index (κ3) is 5.59. The van der Waals surface area contributed by atoms with Gasteiger partial charge in [0.05, 0.1) is 43.3 Å². The summed E-state index contributed by atoms with van der Waals surface area (Å²) in [5, 5.41) is 3.77. The Bertz CT molecular complexity index is 709. The van der Waals surface area contributed by atoms with Crippen LogP contribution in [0, 0.1) is 0 Å². The van der Waals surface area contributed by atoms with Crippen molar-refractivity contribution in [2.75, 3.05) is 32.5 Å². The first-order chi connectivity index (χ1) is 11.9. The average molecular weight is 382 g/mol. The summed E-state index contributed by atoms with van der Waals surface area (Å²) in [5.74, 6) is 0. The quantitative estimate of drug-likeness (QED) is 0.807. The molecule has 0 radical (unpaired) electrons. The molecule has 1 unspecified atom stereocenters. The van der Waals surface area contributed by atoms with E-state index < -0.39 is 0 Å². The van der Waals surface area contributed by atoms with E-state index in [1.807, 2.05) is 24.0 Å². The van der Waals surface area contributed by atoms with Crippen molar-refractivity contribution in [1.82, 2.24) is 9.88 Å². The molecule has 134 valence electrons. The zero-order chi connectivity index (χ0) is 18.4. The second kappa shape index (κ2) is 9.04. The van der Waals surface area contributed by atoms with Crippen molar-refractivity contribution in [2.45, 2.75) is 13.0 Å². The van der Waals surface area contributed by atoms with Gasteiger partial charge in [0.1, 0.15) is 0 Å². The molecule has 1 aromatic heterocycles. The maximum absolute atomic E-state index is 12.9. The molecule has 0 aliphatic heterocycles. The topological polar surface area (TPSA) is 49.7 Å². The van der Waals surface area contributed by atoms with Crippen LogP contribution in [0.2, 0.25) is 10.0 Å². The zero-order valence-electron chi connectivity index (χ0n) is 14.6. The number of quaternary nitrogens is 1. The van der Waals surface area contributed by atoms with E-state index >= 15 is 0 Å². The fourth-order valence-electron chi connectivity index (χ4n) is 2.41. The Kier molecular flexibility index (Phi) is 7.05. The molecule has 0 aliphatic rings. The minimum absolute atomic E-state index is 0.0786. The standard InChI is InChI=1S/C18H22Cl2N4O/c1-13(14-6-8-21-9-7-14)24(11-10-23(2)3)18(25)22-15-4-5-16(19)17(20)12-15/h4-9,12-13H,10-11H2,1-3H3,(H,22,25)/p+1. The highest BCUT2D eigenvalue weighted by Crippen LogP contribution is 2.26.